The Morgan fingerprint density at radius 1 is 0.810 bits per heavy atom. The van der Waals surface area contributed by atoms with Crippen LogP contribution in [0.2, 0.25) is 58.9 Å². The number of carbonyl (C=O) groups is 1. The molecule has 0 N–H and O–H groups in total. The first-order valence-electron chi connectivity index (χ1n) is 7.67. The molecule has 0 aromatic rings. The van der Waals surface area contributed by atoms with Crippen LogP contribution in [0.1, 0.15) is 13.3 Å². The second-order valence-electron chi connectivity index (χ2n) is 8.53. The summed E-state index contributed by atoms with van der Waals surface area (Å²) < 4.78 is 17.7. The smallest absolute Gasteiger partial charge is 0.320 e. The minimum atomic E-state index is -1.90. The Kier molecular flexibility index (Phi) is 7.56. The molecule has 7 heteroatoms. The Balaban J connectivity index is 4.86. The highest BCUT2D eigenvalue weighted by Gasteiger charge is 2.33. The van der Waals surface area contributed by atoms with Gasteiger partial charge in [0.25, 0.3) is 0 Å². The topological polar surface area (TPSA) is 44.8 Å². The van der Waals surface area contributed by atoms with Gasteiger partial charge in [-0.1, -0.05) is 0 Å². The highest BCUT2D eigenvalue weighted by molar-refractivity contribution is 6.71. The average Bonchev–Trinajstić information content (AvgIpc) is 2.07. The summed E-state index contributed by atoms with van der Waals surface area (Å²) in [6.45, 7) is 20.8. The first kappa shape index (κ1) is 21.0. The molecule has 0 aliphatic rings. The van der Waals surface area contributed by atoms with Crippen molar-refractivity contribution in [2.24, 2.45) is 0 Å². The van der Waals surface area contributed by atoms with E-state index in [1.54, 1.807) is 0 Å². The van der Waals surface area contributed by atoms with Crippen molar-refractivity contribution in [3.8, 4) is 0 Å². The molecule has 0 bridgehead atoms. The Morgan fingerprint density at radius 3 is 1.57 bits per heavy atom. The van der Waals surface area contributed by atoms with Crippen LogP contribution in [-0.4, -0.2) is 43.1 Å². The van der Waals surface area contributed by atoms with Crippen LogP contribution >= 0.6 is 0 Å². The van der Waals surface area contributed by atoms with Crippen LogP contribution in [0.5, 0.6) is 0 Å². The van der Waals surface area contributed by atoms with Crippen molar-refractivity contribution in [1.29, 1.82) is 0 Å². The van der Waals surface area contributed by atoms with E-state index < -0.39 is 31.1 Å². The Labute approximate surface area is 133 Å². The van der Waals surface area contributed by atoms with E-state index in [0.717, 1.165) is 0 Å². The lowest BCUT2D eigenvalue weighted by Gasteiger charge is -2.31. The summed E-state index contributed by atoms with van der Waals surface area (Å²) in [5, 5.41) is 0. The fourth-order valence-corrected chi connectivity index (χ4v) is 5.02. The molecule has 126 valence electrons. The normalized spacial score (nSPS) is 16.5. The van der Waals surface area contributed by atoms with E-state index >= 15 is 0 Å². The van der Waals surface area contributed by atoms with Gasteiger partial charge < -0.3 is 13.3 Å². The summed E-state index contributed by atoms with van der Waals surface area (Å²) in [6, 6.07) is 0. The molecule has 0 amide bonds. The van der Waals surface area contributed by atoms with Gasteiger partial charge in [-0.25, -0.2) is 0 Å². The van der Waals surface area contributed by atoms with Crippen LogP contribution in [0, 0.1) is 0 Å². The van der Waals surface area contributed by atoms with Crippen LogP contribution in [-0.2, 0) is 18.1 Å². The first-order chi connectivity index (χ1) is 9.09. The minimum Gasteiger partial charge on any atom is -0.518 e. The Morgan fingerprint density at radius 2 is 1.24 bits per heavy atom. The monoisotopic (exact) mass is 350 g/mol. The molecule has 0 unspecified atom stereocenters. The molecule has 4 nitrogen and oxygen atoms in total. The van der Waals surface area contributed by atoms with Gasteiger partial charge in [-0.15, -0.1) is 0 Å². The molecule has 0 aliphatic carbocycles. The molecule has 0 saturated heterocycles. The van der Waals surface area contributed by atoms with E-state index in [2.05, 4.69) is 39.3 Å². The van der Waals surface area contributed by atoms with Gasteiger partial charge in [-0.05, 0) is 65.8 Å². The highest BCUT2D eigenvalue weighted by atomic mass is 28.4. The molecule has 21 heavy (non-hydrogen) atoms. The lowest BCUT2D eigenvalue weighted by atomic mass is 10.2. The zero-order valence-electron chi connectivity index (χ0n) is 15.5. The molecule has 0 aliphatic heterocycles. The Hall–Kier alpha value is 0.0406. The van der Waals surface area contributed by atoms with Crippen molar-refractivity contribution in [2.75, 3.05) is 0 Å². The zero-order valence-corrected chi connectivity index (χ0v) is 18.5. The average molecular weight is 351 g/mol. The van der Waals surface area contributed by atoms with E-state index in [4.69, 9.17) is 13.3 Å². The fourth-order valence-electron chi connectivity index (χ4n) is 1.94. The number of hydrogen-bond acceptors (Lipinski definition) is 4. The Bertz CT molecular complexity index is 340. The molecule has 0 rings (SSSR count). The molecular weight excluding hydrogens is 316 g/mol. The van der Waals surface area contributed by atoms with Crippen LogP contribution in [0.4, 0.5) is 0 Å². The summed E-state index contributed by atoms with van der Waals surface area (Å²) in [4.78, 5) is 12.4. The van der Waals surface area contributed by atoms with Gasteiger partial charge >= 0.3 is 5.97 Å². The van der Waals surface area contributed by atoms with Crippen molar-refractivity contribution in [3.05, 3.63) is 0 Å². The molecule has 2 atom stereocenters. The van der Waals surface area contributed by atoms with Gasteiger partial charge in [-0.2, -0.15) is 0 Å². The van der Waals surface area contributed by atoms with Gasteiger partial charge in [0.05, 0.1) is 0 Å². The maximum atomic E-state index is 12.4. The van der Waals surface area contributed by atoms with Gasteiger partial charge in [0.1, 0.15) is 6.10 Å². The molecule has 0 aromatic heterocycles. The van der Waals surface area contributed by atoms with E-state index in [0.29, 0.717) is 6.42 Å². The zero-order chi connectivity index (χ0) is 17.1. The summed E-state index contributed by atoms with van der Waals surface area (Å²) in [5.74, 6) is -0.220. The fraction of sp³-hybridized carbons (Fsp3) is 0.929. The maximum absolute atomic E-state index is 12.4. The minimum absolute atomic E-state index is 0.00667. The van der Waals surface area contributed by atoms with Gasteiger partial charge in [-0.3, -0.25) is 4.79 Å². The van der Waals surface area contributed by atoms with E-state index in [1.807, 2.05) is 26.6 Å². The summed E-state index contributed by atoms with van der Waals surface area (Å²) >= 11 is 0. The molecule has 0 saturated carbocycles. The first-order valence-corrected chi connectivity index (χ1v) is 17.9. The second-order valence-corrected chi connectivity index (χ2v) is 21.9. The van der Waals surface area contributed by atoms with Gasteiger partial charge in [0, 0.05) is 12.5 Å². The van der Waals surface area contributed by atoms with E-state index in [9.17, 15) is 4.79 Å². The molecule has 0 heterocycles. The SMILES string of the molecule is C[C@H](C[C@H](O[Si](C)(C)C)C(=O)O[Si](C)(C)C)O[Si](C)(C)C. The maximum Gasteiger partial charge on any atom is 0.320 e. The predicted molar refractivity (Wildman–Crippen MR) is 96.2 cm³/mol. The van der Waals surface area contributed by atoms with Crippen LogP contribution in [0.15, 0.2) is 0 Å². The summed E-state index contributed by atoms with van der Waals surface area (Å²) in [6.07, 6.45) is 0.0691. The lowest BCUT2D eigenvalue weighted by molar-refractivity contribution is -0.144. The van der Waals surface area contributed by atoms with Crippen LogP contribution in [0.25, 0.3) is 0 Å². The highest BCUT2D eigenvalue weighted by Crippen LogP contribution is 2.19. The van der Waals surface area contributed by atoms with E-state index in [-0.39, 0.29) is 12.1 Å². The van der Waals surface area contributed by atoms with Crippen molar-refractivity contribution >= 4 is 30.9 Å². The van der Waals surface area contributed by atoms with E-state index in [1.165, 1.54) is 0 Å². The van der Waals surface area contributed by atoms with Crippen LogP contribution in [0.3, 0.4) is 0 Å². The standard InChI is InChI=1S/C14H34O4Si3/c1-12(16-19(2,3)4)11-13(17-20(5,6)7)14(15)18-21(8,9)10/h12-13H,11H2,1-10H3/t12-,13+/m1/s1. The second kappa shape index (κ2) is 7.54. The van der Waals surface area contributed by atoms with Crippen molar-refractivity contribution < 1.29 is 18.1 Å². The third-order valence-corrected chi connectivity index (χ3v) is 5.18. The largest absolute Gasteiger partial charge is 0.518 e. The van der Waals surface area contributed by atoms with Crippen molar-refractivity contribution in [3.63, 3.8) is 0 Å². The van der Waals surface area contributed by atoms with Crippen molar-refractivity contribution in [1.82, 2.24) is 0 Å². The molecule has 0 spiro atoms. The number of rotatable bonds is 8. The summed E-state index contributed by atoms with van der Waals surface area (Å²) in [5.41, 5.74) is 0. The molecule has 0 aromatic carbocycles. The van der Waals surface area contributed by atoms with Crippen LogP contribution < -0.4 is 0 Å². The third-order valence-electron chi connectivity index (χ3n) is 2.27. The number of hydrogen-bond donors (Lipinski definition) is 0. The molecule has 0 radical (unpaired) electrons. The quantitative estimate of drug-likeness (QED) is 0.615. The van der Waals surface area contributed by atoms with Crippen molar-refractivity contribution in [2.45, 2.75) is 84.5 Å². The predicted octanol–water partition coefficient (Wildman–Crippen LogP) is 4.21. The third kappa shape index (κ3) is 12.3. The molecule has 0 fully saturated rings. The van der Waals surface area contributed by atoms with Gasteiger partial charge in [0.15, 0.2) is 16.6 Å². The lowest BCUT2D eigenvalue weighted by Crippen LogP contribution is -2.44. The van der Waals surface area contributed by atoms with Gasteiger partial charge in [0.2, 0.25) is 8.32 Å². The summed E-state index contributed by atoms with van der Waals surface area (Å²) in [7, 11) is -5.33. The number of carbonyl (C=O) groups excluding carboxylic acids is 1. The molecular formula is C14H34O4Si3.